The minimum atomic E-state index is -3.20. The summed E-state index contributed by atoms with van der Waals surface area (Å²) in [6.45, 7) is 1.85. The van der Waals surface area contributed by atoms with Crippen LogP contribution in [0.5, 0.6) is 0 Å². The lowest BCUT2D eigenvalue weighted by molar-refractivity contribution is 0.405. The largest absolute Gasteiger partial charge is 0.384 e. The Hall–Kier alpha value is -2.41. The van der Waals surface area contributed by atoms with E-state index in [0.29, 0.717) is 9.92 Å². The van der Waals surface area contributed by atoms with Crippen LogP contribution in [-0.4, -0.2) is 51.7 Å². The van der Waals surface area contributed by atoms with Crippen molar-refractivity contribution in [1.82, 2.24) is 9.88 Å². The number of nitrogens with zero attached hydrogens (tertiary/aromatic N) is 2. The third-order valence-corrected chi connectivity index (χ3v) is 6.01. The Morgan fingerprint density at radius 1 is 1.07 bits per heavy atom. The van der Waals surface area contributed by atoms with Crippen molar-refractivity contribution in [2.75, 3.05) is 38.8 Å². The Morgan fingerprint density at radius 3 is 2.47 bits per heavy atom. The summed E-state index contributed by atoms with van der Waals surface area (Å²) in [6, 6.07) is 14.5. The first-order chi connectivity index (χ1) is 14.2. The maximum atomic E-state index is 11.6. The van der Waals surface area contributed by atoms with Gasteiger partial charge in [0.15, 0.2) is 9.84 Å². The Balaban J connectivity index is 1.86. The molecule has 7 heteroatoms. The molecule has 0 fully saturated rings. The number of fused-ring (bicyclic) bond motifs is 1. The molecule has 0 aliphatic rings. The molecule has 0 saturated carbocycles. The van der Waals surface area contributed by atoms with E-state index in [-0.39, 0.29) is 0 Å². The standard InChI is InChI=1S/C23H26ClN3O2S/c1-27(2)14-4-13-25-23-16-19(26-22-12-8-18(24)15-21(22)23)9-5-17-6-10-20(11-7-17)30(3,28)29/h5-12,15-16H,4,13-14H2,1-3H3,(H,25,26)/b9-5+. The number of hydrogen-bond acceptors (Lipinski definition) is 5. The van der Waals surface area contributed by atoms with Crippen LogP contribution in [-0.2, 0) is 9.84 Å². The third-order valence-electron chi connectivity index (χ3n) is 4.64. The minimum absolute atomic E-state index is 0.310. The Kier molecular flexibility index (Phi) is 7.13. The van der Waals surface area contributed by atoms with Crippen LogP contribution in [0, 0.1) is 0 Å². The fourth-order valence-corrected chi connectivity index (χ4v) is 3.88. The van der Waals surface area contributed by atoms with Gasteiger partial charge in [-0.25, -0.2) is 13.4 Å². The predicted octanol–water partition coefficient (Wildman–Crippen LogP) is 4.83. The van der Waals surface area contributed by atoms with E-state index in [0.717, 1.165) is 47.4 Å². The van der Waals surface area contributed by atoms with Crippen LogP contribution < -0.4 is 5.32 Å². The zero-order valence-electron chi connectivity index (χ0n) is 17.4. The number of halogens is 1. The van der Waals surface area contributed by atoms with Gasteiger partial charge >= 0.3 is 0 Å². The van der Waals surface area contributed by atoms with Gasteiger partial charge in [0, 0.05) is 28.9 Å². The highest BCUT2D eigenvalue weighted by molar-refractivity contribution is 7.90. The van der Waals surface area contributed by atoms with E-state index < -0.39 is 9.84 Å². The van der Waals surface area contributed by atoms with E-state index in [9.17, 15) is 8.42 Å². The zero-order chi connectivity index (χ0) is 21.7. The van der Waals surface area contributed by atoms with E-state index in [1.54, 1.807) is 24.3 Å². The highest BCUT2D eigenvalue weighted by Gasteiger charge is 2.07. The molecule has 0 amide bonds. The number of anilines is 1. The van der Waals surface area contributed by atoms with Gasteiger partial charge in [0.25, 0.3) is 0 Å². The van der Waals surface area contributed by atoms with Crippen molar-refractivity contribution in [1.29, 1.82) is 0 Å². The van der Waals surface area contributed by atoms with Crippen molar-refractivity contribution >= 4 is 50.2 Å². The molecule has 0 aliphatic carbocycles. The second kappa shape index (κ2) is 9.60. The van der Waals surface area contributed by atoms with Gasteiger partial charge in [-0.15, -0.1) is 0 Å². The fourth-order valence-electron chi connectivity index (χ4n) is 3.08. The first kappa shape index (κ1) is 22.3. The maximum absolute atomic E-state index is 11.6. The summed E-state index contributed by atoms with van der Waals surface area (Å²) < 4.78 is 23.2. The van der Waals surface area contributed by atoms with Gasteiger partial charge < -0.3 is 10.2 Å². The van der Waals surface area contributed by atoms with Crippen molar-refractivity contribution in [3.63, 3.8) is 0 Å². The van der Waals surface area contributed by atoms with E-state index in [2.05, 4.69) is 24.3 Å². The van der Waals surface area contributed by atoms with Gasteiger partial charge in [0.2, 0.25) is 0 Å². The molecule has 1 aromatic heterocycles. The molecular weight excluding hydrogens is 418 g/mol. The summed E-state index contributed by atoms with van der Waals surface area (Å²) in [7, 11) is 0.930. The molecular formula is C23H26ClN3O2S. The van der Waals surface area contributed by atoms with Crippen molar-refractivity contribution in [2.24, 2.45) is 0 Å². The van der Waals surface area contributed by atoms with Gasteiger partial charge in [0.1, 0.15) is 0 Å². The number of pyridine rings is 1. The van der Waals surface area contributed by atoms with Crippen LogP contribution in [0.2, 0.25) is 5.02 Å². The maximum Gasteiger partial charge on any atom is 0.175 e. The minimum Gasteiger partial charge on any atom is -0.384 e. The summed E-state index contributed by atoms with van der Waals surface area (Å²) in [4.78, 5) is 7.18. The summed E-state index contributed by atoms with van der Waals surface area (Å²) in [5.41, 5.74) is 3.57. The molecule has 0 unspecified atom stereocenters. The van der Waals surface area contributed by atoms with Crippen LogP contribution in [0.25, 0.3) is 23.1 Å². The van der Waals surface area contributed by atoms with Crippen LogP contribution in [0.4, 0.5) is 5.69 Å². The SMILES string of the molecule is CN(C)CCCNc1cc(/C=C/c2ccc(S(C)(=O)=O)cc2)nc2ccc(Cl)cc12. The van der Waals surface area contributed by atoms with E-state index in [4.69, 9.17) is 16.6 Å². The van der Waals surface area contributed by atoms with E-state index in [1.165, 1.54) is 6.26 Å². The molecule has 3 aromatic rings. The van der Waals surface area contributed by atoms with Gasteiger partial charge in [-0.05, 0) is 75.1 Å². The molecule has 0 aliphatic heterocycles. The Bertz CT molecular complexity index is 1160. The lowest BCUT2D eigenvalue weighted by Gasteiger charge is -2.13. The highest BCUT2D eigenvalue weighted by Crippen LogP contribution is 2.27. The summed E-state index contributed by atoms with van der Waals surface area (Å²) in [5.74, 6) is 0. The lowest BCUT2D eigenvalue weighted by Crippen LogP contribution is -2.16. The van der Waals surface area contributed by atoms with Gasteiger partial charge in [-0.2, -0.15) is 0 Å². The number of rotatable bonds is 8. The van der Waals surface area contributed by atoms with Crippen molar-refractivity contribution < 1.29 is 8.42 Å². The lowest BCUT2D eigenvalue weighted by atomic mass is 10.1. The molecule has 1 heterocycles. The molecule has 3 rings (SSSR count). The Morgan fingerprint density at radius 2 is 1.80 bits per heavy atom. The van der Waals surface area contributed by atoms with Gasteiger partial charge in [0.05, 0.1) is 16.1 Å². The average Bonchev–Trinajstić information content (AvgIpc) is 2.69. The Labute approximate surface area is 183 Å². The number of sulfone groups is 1. The third kappa shape index (κ3) is 6.05. The highest BCUT2D eigenvalue weighted by atomic mass is 35.5. The monoisotopic (exact) mass is 443 g/mol. The predicted molar refractivity (Wildman–Crippen MR) is 127 cm³/mol. The molecule has 0 radical (unpaired) electrons. The van der Waals surface area contributed by atoms with Crippen molar-refractivity contribution in [3.8, 4) is 0 Å². The summed E-state index contributed by atoms with van der Waals surface area (Å²) >= 11 is 6.20. The van der Waals surface area contributed by atoms with E-state index >= 15 is 0 Å². The van der Waals surface area contributed by atoms with Crippen molar-refractivity contribution in [2.45, 2.75) is 11.3 Å². The van der Waals surface area contributed by atoms with Crippen molar-refractivity contribution in [3.05, 3.63) is 64.8 Å². The number of hydrogen-bond donors (Lipinski definition) is 1. The quantitative estimate of drug-likeness (QED) is 0.505. The molecule has 0 spiro atoms. The molecule has 2 aromatic carbocycles. The molecule has 0 bridgehead atoms. The van der Waals surface area contributed by atoms with Crippen LogP contribution in [0.3, 0.4) is 0 Å². The van der Waals surface area contributed by atoms with E-state index in [1.807, 2.05) is 36.4 Å². The topological polar surface area (TPSA) is 62.3 Å². The number of nitrogens with one attached hydrogen (secondary N) is 1. The molecule has 1 N–H and O–H groups in total. The second-order valence-electron chi connectivity index (χ2n) is 7.51. The van der Waals surface area contributed by atoms with Crippen LogP contribution in [0.1, 0.15) is 17.7 Å². The normalized spacial score (nSPS) is 12.2. The summed E-state index contributed by atoms with van der Waals surface area (Å²) in [6.07, 6.45) is 6.08. The molecule has 5 nitrogen and oxygen atoms in total. The fraction of sp³-hybridized carbons (Fsp3) is 0.261. The van der Waals surface area contributed by atoms with Gasteiger partial charge in [-0.1, -0.05) is 29.8 Å². The number of benzene rings is 2. The first-order valence-electron chi connectivity index (χ1n) is 9.69. The smallest absolute Gasteiger partial charge is 0.175 e. The van der Waals surface area contributed by atoms with Gasteiger partial charge in [-0.3, -0.25) is 0 Å². The summed E-state index contributed by atoms with van der Waals surface area (Å²) in [5, 5.41) is 5.17. The van der Waals surface area contributed by atoms with Crippen LogP contribution >= 0.6 is 11.6 Å². The van der Waals surface area contributed by atoms with Crippen LogP contribution in [0.15, 0.2) is 53.4 Å². The zero-order valence-corrected chi connectivity index (χ0v) is 19.0. The molecule has 30 heavy (non-hydrogen) atoms. The second-order valence-corrected chi connectivity index (χ2v) is 9.97. The average molecular weight is 444 g/mol. The molecule has 0 atom stereocenters. The molecule has 0 saturated heterocycles. The molecule has 158 valence electrons. The first-order valence-corrected chi connectivity index (χ1v) is 12.0. The number of aromatic nitrogens is 1.